The molecular weight excluding hydrogens is 492 g/mol. The van der Waals surface area contributed by atoms with E-state index in [1.807, 2.05) is 24.5 Å². The molecule has 2 N–H and O–H groups in total. The minimum absolute atomic E-state index is 0.141. The van der Waals surface area contributed by atoms with Gasteiger partial charge >= 0.3 is 0 Å². The van der Waals surface area contributed by atoms with Gasteiger partial charge in [0, 0.05) is 41.2 Å². The van der Waals surface area contributed by atoms with Crippen LogP contribution in [0.3, 0.4) is 0 Å². The van der Waals surface area contributed by atoms with Crippen molar-refractivity contribution in [1.29, 1.82) is 4.78 Å². The number of carbonyl (C=O) groups excluding carboxylic acids is 1. The number of aryl methyl sites for hydroxylation is 1. The fraction of sp³-hybridized carbons (Fsp3) is 0.238. The zero-order valence-electron chi connectivity index (χ0n) is 18.7. The highest BCUT2D eigenvalue weighted by molar-refractivity contribution is 7.99. The number of hydrogen-bond acceptors (Lipinski definition) is 10. The van der Waals surface area contributed by atoms with Gasteiger partial charge in [-0.05, 0) is 37.6 Å². The molecule has 3 aromatic heterocycles. The summed E-state index contributed by atoms with van der Waals surface area (Å²) in [4.78, 5) is 17.2. The van der Waals surface area contributed by atoms with Gasteiger partial charge in [0.15, 0.2) is 11.0 Å². The highest BCUT2D eigenvalue weighted by Gasteiger charge is 2.16. The van der Waals surface area contributed by atoms with E-state index in [0.717, 1.165) is 16.7 Å². The summed E-state index contributed by atoms with van der Waals surface area (Å²) in [6.45, 7) is 4.63. The highest BCUT2D eigenvalue weighted by Crippen LogP contribution is 2.28. The first kappa shape index (κ1) is 24.0. The number of pyridine rings is 1. The molecule has 4 rings (SSSR count). The number of aromatic nitrogens is 6. The number of nitrogens with zero attached hydrogens (tertiary/aromatic N) is 6. The van der Waals surface area contributed by atoms with Crippen molar-refractivity contribution in [2.24, 2.45) is 0 Å². The van der Waals surface area contributed by atoms with E-state index in [1.165, 1.54) is 29.4 Å². The SMILES string of the molecule is CCn1c(SCC(=O)Nc2nnc(-c3ccc(S(C)(=N)=O)cc3)s2)nnc1-c1cncc(C)c1. The molecule has 0 aliphatic carbocycles. The van der Waals surface area contributed by atoms with Crippen molar-refractivity contribution in [3.63, 3.8) is 0 Å². The molecule has 0 spiro atoms. The van der Waals surface area contributed by atoms with Crippen LogP contribution >= 0.6 is 23.1 Å². The number of thioether (sulfide) groups is 1. The quantitative estimate of drug-likeness (QED) is 0.337. The molecule has 0 radical (unpaired) electrons. The monoisotopic (exact) mass is 514 g/mol. The van der Waals surface area contributed by atoms with Crippen LogP contribution in [0, 0.1) is 11.7 Å². The van der Waals surface area contributed by atoms with Crippen molar-refractivity contribution < 1.29 is 9.00 Å². The fourth-order valence-corrected chi connectivity index (χ4v) is 5.33. The average Bonchev–Trinajstić information content (AvgIpc) is 3.44. The van der Waals surface area contributed by atoms with Gasteiger partial charge in [-0.15, -0.1) is 20.4 Å². The molecule has 10 nitrogen and oxygen atoms in total. The molecule has 3 heterocycles. The van der Waals surface area contributed by atoms with E-state index >= 15 is 0 Å². The van der Waals surface area contributed by atoms with Gasteiger partial charge in [-0.1, -0.05) is 35.2 Å². The molecule has 0 aliphatic heterocycles. The van der Waals surface area contributed by atoms with E-state index in [4.69, 9.17) is 4.78 Å². The van der Waals surface area contributed by atoms with E-state index in [9.17, 15) is 9.00 Å². The second-order valence-corrected chi connectivity index (χ2v) is 11.5. The second-order valence-electron chi connectivity index (χ2n) is 7.42. The van der Waals surface area contributed by atoms with Gasteiger partial charge in [0.25, 0.3) is 0 Å². The summed E-state index contributed by atoms with van der Waals surface area (Å²) in [6.07, 6.45) is 4.91. The fourth-order valence-electron chi connectivity index (χ4n) is 3.10. The number of rotatable bonds is 8. The molecule has 1 unspecified atom stereocenters. The van der Waals surface area contributed by atoms with Crippen LogP contribution in [-0.2, 0) is 21.1 Å². The smallest absolute Gasteiger partial charge is 0.236 e. The molecule has 4 aromatic rings. The molecule has 1 amide bonds. The van der Waals surface area contributed by atoms with Gasteiger partial charge in [-0.25, -0.2) is 8.99 Å². The van der Waals surface area contributed by atoms with Gasteiger partial charge in [-0.3, -0.25) is 15.1 Å². The van der Waals surface area contributed by atoms with Crippen LogP contribution in [0.1, 0.15) is 12.5 Å². The molecular formula is C21H22N8O2S3. The third-order valence-corrected chi connectivity index (χ3v) is 7.75. The van der Waals surface area contributed by atoms with Crippen molar-refractivity contribution in [1.82, 2.24) is 29.9 Å². The summed E-state index contributed by atoms with van der Waals surface area (Å²) in [5, 5.41) is 21.1. The first-order valence-corrected chi connectivity index (χ1v) is 14.0. The van der Waals surface area contributed by atoms with Crippen molar-refractivity contribution >= 4 is 43.9 Å². The summed E-state index contributed by atoms with van der Waals surface area (Å²) < 4.78 is 21.4. The van der Waals surface area contributed by atoms with Gasteiger partial charge < -0.3 is 4.57 Å². The molecule has 0 bridgehead atoms. The van der Waals surface area contributed by atoms with E-state index in [2.05, 4.69) is 30.7 Å². The second kappa shape index (κ2) is 9.99. The highest BCUT2D eigenvalue weighted by atomic mass is 32.2. The van der Waals surface area contributed by atoms with E-state index in [-0.39, 0.29) is 11.7 Å². The number of hydrogen-bond donors (Lipinski definition) is 2. The molecule has 13 heteroatoms. The van der Waals surface area contributed by atoms with Gasteiger partial charge in [0.2, 0.25) is 11.0 Å². The van der Waals surface area contributed by atoms with Crippen molar-refractivity contribution in [2.45, 2.75) is 30.4 Å². The Morgan fingerprint density at radius 1 is 1.15 bits per heavy atom. The molecule has 0 aliphatic rings. The van der Waals surface area contributed by atoms with Crippen LogP contribution in [0.2, 0.25) is 0 Å². The molecule has 34 heavy (non-hydrogen) atoms. The summed E-state index contributed by atoms with van der Waals surface area (Å²) in [7, 11) is -2.77. The molecule has 1 aromatic carbocycles. The number of benzene rings is 1. The summed E-state index contributed by atoms with van der Waals surface area (Å²) in [5.74, 6) is 0.625. The summed E-state index contributed by atoms with van der Waals surface area (Å²) in [6, 6.07) is 8.78. The molecule has 1 atom stereocenters. The van der Waals surface area contributed by atoms with Crippen LogP contribution in [-0.4, -0.2) is 52.1 Å². The normalized spacial score (nSPS) is 12.9. The minimum atomic E-state index is -2.77. The Morgan fingerprint density at radius 3 is 2.59 bits per heavy atom. The van der Waals surface area contributed by atoms with E-state index < -0.39 is 9.73 Å². The van der Waals surface area contributed by atoms with Crippen LogP contribution < -0.4 is 5.32 Å². The summed E-state index contributed by atoms with van der Waals surface area (Å²) in [5.41, 5.74) is 2.68. The standard InChI is InChI=1S/C21H22N8O2S3/c1-4-29-18(15-9-13(2)10-23-11-15)25-28-21(29)32-12-17(30)24-20-27-26-19(33-20)14-5-7-16(8-6-14)34(3,22)31/h5-11,22H,4,12H2,1-3H3,(H,24,27,30). The van der Waals surface area contributed by atoms with Crippen LogP contribution in [0.5, 0.6) is 0 Å². The maximum Gasteiger partial charge on any atom is 0.236 e. The zero-order valence-corrected chi connectivity index (χ0v) is 21.1. The third-order valence-electron chi connectivity index (χ3n) is 4.72. The van der Waals surface area contributed by atoms with E-state index in [1.54, 1.807) is 36.7 Å². The topological polar surface area (TPSA) is 139 Å². The maximum atomic E-state index is 12.5. The Bertz CT molecular complexity index is 1430. The number of nitrogens with one attached hydrogen (secondary N) is 2. The first-order valence-electron chi connectivity index (χ1n) is 10.2. The average molecular weight is 515 g/mol. The van der Waals surface area contributed by atoms with Crippen molar-refractivity contribution in [3.8, 4) is 22.0 Å². The number of amides is 1. The molecule has 176 valence electrons. The van der Waals surface area contributed by atoms with Gasteiger partial charge in [0.1, 0.15) is 5.01 Å². The van der Waals surface area contributed by atoms with E-state index in [0.29, 0.717) is 32.6 Å². The Balaban J connectivity index is 1.39. The number of carbonyl (C=O) groups is 1. The van der Waals surface area contributed by atoms with Gasteiger partial charge in [-0.2, -0.15) is 0 Å². The molecule has 0 fully saturated rings. The predicted octanol–water partition coefficient (Wildman–Crippen LogP) is 3.95. The lowest BCUT2D eigenvalue weighted by Crippen LogP contribution is -2.14. The predicted molar refractivity (Wildman–Crippen MR) is 133 cm³/mol. The number of anilines is 1. The Morgan fingerprint density at radius 2 is 1.91 bits per heavy atom. The molecule has 0 saturated heterocycles. The Hall–Kier alpha value is -3.16. The Labute approximate surface area is 205 Å². The van der Waals surface area contributed by atoms with Crippen molar-refractivity contribution in [3.05, 3.63) is 48.3 Å². The lowest BCUT2D eigenvalue weighted by Gasteiger charge is -2.07. The molecule has 0 saturated carbocycles. The minimum Gasteiger partial charge on any atom is -0.302 e. The van der Waals surface area contributed by atoms with Crippen LogP contribution in [0.25, 0.3) is 22.0 Å². The lowest BCUT2D eigenvalue weighted by molar-refractivity contribution is -0.113. The van der Waals surface area contributed by atoms with Gasteiger partial charge in [0.05, 0.1) is 15.5 Å². The lowest BCUT2D eigenvalue weighted by atomic mass is 10.2. The van der Waals surface area contributed by atoms with Crippen LogP contribution in [0.4, 0.5) is 5.13 Å². The third kappa shape index (κ3) is 5.48. The zero-order chi connectivity index (χ0) is 24.3. The van der Waals surface area contributed by atoms with Crippen LogP contribution in [0.15, 0.2) is 52.8 Å². The Kier molecular flexibility index (Phi) is 7.05. The maximum absolute atomic E-state index is 12.5. The largest absolute Gasteiger partial charge is 0.302 e. The first-order chi connectivity index (χ1) is 16.2. The van der Waals surface area contributed by atoms with Crippen molar-refractivity contribution in [2.75, 3.05) is 17.3 Å². The summed E-state index contributed by atoms with van der Waals surface area (Å²) >= 11 is 2.53.